The van der Waals surface area contributed by atoms with Gasteiger partial charge in [-0.05, 0) is 18.1 Å². The van der Waals surface area contributed by atoms with E-state index in [1.165, 1.54) is 5.56 Å². The highest BCUT2D eigenvalue weighted by Gasteiger charge is 2.12. The predicted octanol–water partition coefficient (Wildman–Crippen LogP) is 3.60. The minimum Gasteiger partial charge on any atom is -0.392 e. The molecule has 0 amide bonds. The van der Waals surface area contributed by atoms with E-state index in [0.717, 1.165) is 17.0 Å². The molecule has 1 N–H and O–H groups in total. The molecule has 0 unspecified atom stereocenters. The third kappa shape index (κ3) is 2.88. The lowest BCUT2D eigenvalue weighted by molar-refractivity contribution is 0.174. The summed E-state index contributed by atoms with van der Waals surface area (Å²) in [6.45, 7) is 2.32. The molecule has 1 heterocycles. The van der Waals surface area contributed by atoms with Crippen molar-refractivity contribution >= 4 is 0 Å². The Morgan fingerprint density at radius 3 is 2.38 bits per heavy atom. The highest BCUT2D eigenvalue weighted by Crippen LogP contribution is 2.30. The van der Waals surface area contributed by atoms with Gasteiger partial charge in [0.25, 0.3) is 0 Å². The van der Waals surface area contributed by atoms with Gasteiger partial charge in [-0.3, -0.25) is 0 Å². The topological polar surface area (TPSA) is 38.0 Å². The van der Waals surface area contributed by atoms with Gasteiger partial charge in [-0.15, -0.1) is 0 Å². The van der Waals surface area contributed by atoms with Gasteiger partial charge in [0.15, 0.2) is 0 Å². The summed E-state index contributed by atoms with van der Waals surface area (Å²) < 4.78 is 1.99. The fraction of sp³-hybridized carbons (Fsp3) is 0.167. The van der Waals surface area contributed by atoms with Crippen LogP contribution in [0.15, 0.2) is 67.0 Å². The third-order valence-corrected chi connectivity index (χ3v) is 3.43. The molecule has 21 heavy (non-hydrogen) atoms. The molecule has 0 fully saturated rings. The van der Waals surface area contributed by atoms with Crippen molar-refractivity contribution in [2.24, 2.45) is 0 Å². The van der Waals surface area contributed by atoms with Crippen LogP contribution in [0.2, 0.25) is 0 Å². The quantitative estimate of drug-likeness (QED) is 0.792. The number of rotatable bonds is 4. The zero-order valence-corrected chi connectivity index (χ0v) is 12.0. The van der Waals surface area contributed by atoms with Gasteiger partial charge in [-0.2, -0.15) is 0 Å². The highest BCUT2D eigenvalue weighted by atomic mass is 16.3. The van der Waals surface area contributed by atoms with E-state index in [0.29, 0.717) is 6.54 Å². The van der Waals surface area contributed by atoms with Crippen molar-refractivity contribution in [1.29, 1.82) is 0 Å². The fourth-order valence-electron chi connectivity index (χ4n) is 2.53. The van der Waals surface area contributed by atoms with Crippen molar-refractivity contribution < 1.29 is 5.11 Å². The van der Waals surface area contributed by atoms with Crippen molar-refractivity contribution in [3.63, 3.8) is 0 Å². The second-order valence-corrected chi connectivity index (χ2v) is 5.16. The molecule has 0 spiro atoms. The van der Waals surface area contributed by atoms with Crippen LogP contribution in [-0.4, -0.2) is 20.8 Å². The molecule has 1 aromatic heterocycles. The molecular weight excluding hydrogens is 260 g/mol. The first kappa shape index (κ1) is 13.6. The molecule has 0 saturated heterocycles. The van der Waals surface area contributed by atoms with Crippen LogP contribution in [0.4, 0.5) is 0 Å². The van der Waals surface area contributed by atoms with Gasteiger partial charge >= 0.3 is 0 Å². The van der Waals surface area contributed by atoms with Crippen LogP contribution in [0.3, 0.4) is 0 Å². The van der Waals surface area contributed by atoms with E-state index < -0.39 is 6.10 Å². The van der Waals surface area contributed by atoms with Crippen molar-refractivity contribution in [2.75, 3.05) is 0 Å². The largest absolute Gasteiger partial charge is 0.392 e. The Hall–Kier alpha value is -2.39. The average molecular weight is 278 g/mol. The van der Waals surface area contributed by atoms with Crippen LogP contribution < -0.4 is 0 Å². The number of aliphatic hydroxyl groups excluding tert-OH is 1. The lowest BCUT2D eigenvalue weighted by atomic mass is 9.99. The predicted molar refractivity (Wildman–Crippen MR) is 84.8 cm³/mol. The molecular formula is C18H18N2O. The van der Waals surface area contributed by atoms with E-state index in [1.807, 2.05) is 41.1 Å². The van der Waals surface area contributed by atoms with Gasteiger partial charge in [0.2, 0.25) is 0 Å². The molecule has 3 heteroatoms. The number of nitrogens with zero attached hydrogens (tertiary/aromatic N) is 2. The number of aromatic nitrogens is 2. The fourth-order valence-corrected chi connectivity index (χ4v) is 2.53. The van der Waals surface area contributed by atoms with E-state index >= 15 is 0 Å². The second kappa shape index (κ2) is 5.94. The Balaban J connectivity index is 2.10. The molecule has 3 aromatic rings. The SMILES string of the molecule is C[C@H](O)Cn1ccnc1-c1ccccc1-c1ccccc1. The summed E-state index contributed by atoms with van der Waals surface area (Å²) >= 11 is 0. The molecule has 2 aromatic carbocycles. The molecule has 106 valence electrons. The van der Waals surface area contributed by atoms with Crippen LogP contribution in [-0.2, 0) is 6.54 Å². The molecule has 0 saturated carbocycles. The maximum absolute atomic E-state index is 9.63. The molecule has 3 rings (SSSR count). The molecule has 0 aliphatic carbocycles. The molecule has 0 aliphatic heterocycles. The van der Waals surface area contributed by atoms with Gasteiger partial charge in [-0.25, -0.2) is 4.98 Å². The number of aliphatic hydroxyl groups is 1. The first-order chi connectivity index (χ1) is 10.3. The summed E-state index contributed by atoms with van der Waals surface area (Å²) in [4.78, 5) is 4.48. The summed E-state index contributed by atoms with van der Waals surface area (Å²) in [5.41, 5.74) is 3.39. The summed E-state index contributed by atoms with van der Waals surface area (Å²) in [7, 11) is 0. The van der Waals surface area contributed by atoms with Gasteiger partial charge in [0.05, 0.1) is 6.10 Å². The van der Waals surface area contributed by atoms with Gasteiger partial charge in [0.1, 0.15) is 5.82 Å². The van der Waals surface area contributed by atoms with Crippen LogP contribution in [0.5, 0.6) is 0 Å². The minimum absolute atomic E-state index is 0.401. The summed E-state index contributed by atoms with van der Waals surface area (Å²) in [5, 5.41) is 9.63. The standard InChI is InChI=1S/C18H18N2O/c1-14(21)13-20-12-11-19-18(20)17-10-6-5-9-16(17)15-7-3-2-4-8-15/h2-12,14,21H,13H2,1H3/t14-/m0/s1. The normalized spacial score (nSPS) is 12.3. The minimum atomic E-state index is -0.401. The highest BCUT2D eigenvalue weighted by molar-refractivity contribution is 5.80. The van der Waals surface area contributed by atoms with Crippen LogP contribution in [0.25, 0.3) is 22.5 Å². The Labute approximate surface area is 124 Å². The van der Waals surface area contributed by atoms with Crippen LogP contribution in [0.1, 0.15) is 6.92 Å². The first-order valence-corrected chi connectivity index (χ1v) is 7.10. The maximum Gasteiger partial charge on any atom is 0.140 e. The lowest BCUT2D eigenvalue weighted by Crippen LogP contribution is -2.12. The van der Waals surface area contributed by atoms with Crippen molar-refractivity contribution in [3.8, 4) is 22.5 Å². The molecule has 1 atom stereocenters. The molecule has 0 aliphatic rings. The third-order valence-electron chi connectivity index (χ3n) is 3.43. The summed E-state index contributed by atoms with van der Waals surface area (Å²) in [6, 6.07) is 18.5. The Bertz CT molecular complexity index is 717. The average Bonchev–Trinajstić information content (AvgIpc) is 2.95. The van der Waals surface area contributed by atoms with Gasteiger partial charge in [0, 0.05) is 24.5 Å². The summed E-state index contributed by atoms with van der Waals surface area (Å²) in [5.74, 6) is 0.885. The van der Waals surface area contributed by atoms with E-state index in [-0.39, 0.29) is 0 Å². The van der Waals surface area contributed by atoms with Crippen LogP contribution >= 0.6 is 0 Å². The van der Waals surface area contributed by atoms with Crippen molar-refractivity contribution in [1.82, 2.24) is 9.55 Å². The number of imidazole rings is 1. The van der Waals surface area contributed by atoms with E-state index in [1.54, 1.807) is 13.1 Å². The lowest BCUT2D eigenvalue weighted by Gasteiger charge is -2.13. The monoisotopic (exact) mass is 278 g/mol. The Morgan fingerprint density at radius 2 is 1.67 bits per heavy atom. The molecule has 3 nitrogen and oxygen atoms in total. The zero-order chi connectivity index (χ0) is 14.7. The van der Waals surface area contributed by atoms with Crippen molar-refractivity contribution in [2.45, 2.75) is 19.6 Å². The maximum atomic E-state index is 9.63. The smallest absolute Gasteiger partial charge is 0.140 e. The van der Waals surface area contributed by atoms with E-state index in [2.05, 4.69) is 29.2 Å². The first-order valence-electron chi connectivity index (χ1n) is 7.10. The van der Waals surface area contributed by atoms with Gasteiger partial charge < -0.3 is 9.67 Å². The molecule has 0 bridgehead atoms. The Kier molecular flexibility index (Phi) is 3.84. The number of hydrogen-bond acceptors (Lipinski definition) is 2. The van der Waals surface area contributed by atoms with Gasteiger partial charge in [-0.1, -0.05) is 54.6 Å². The summed E-state index contributed by atoms with van der Waals surface area (Å²) in [6.07, 6.45) is 3.28. The second-order valence-electron chi connectivity index (χ2n) is 5.16. The van der Waals surface area contributed by atoms with Crippen molar-refractivity contribution in [3.05, 3.63) is 67.0 Å². The number of benzene rings is 2. The van der Waals surface area contributed by atoms with E-state index in [4.69, 9.17) is 0 Å². The zero-order valence-electron chi connectivity index (χ0n) is 12.0. The Morgan fingerprint density at radius 1 is 1.00 bits per heavy atom. The number of hydrogen-bond donors (Lipinski definition) is 1. The van der Waals surface area contributed by atoms with E-state index in [9.17, 15) is 5.11 Å². The van der Waals surface area contributed by atoms with Crippen LogP contribution in [0, 0.1) is 0 Å². The molecule has 0 radical (unpaired) electrons.